The first-order chi connectivity index (χ1) is 10.5. The van der Waals surface area contributed by atoms with Crippen LogP contribution >= 0.6 is 0 Å². The highest BCUT2D eigenvalue weighted by atomic mass is 16.6. The van der Waals surface area contributed by atoms with Crippen LogP contribution in [0, 0.1) is 0 Å². The fourth-order valence-electron chi connectivity index (χ4n) is 3.32. The molecule has 0 aromatic carbocycles. The smallest absolute Gasteiger partial charge is 0.415 e. The Morgan fingerprint density at radius 3 is 2.59 bits per heavy atom. The number of ether oxygens (including phenoxy) is 1. The quantitative estimate of drug-likeness (QED) is 0.861. The number of likely N-dealkylation sites (tertiary alicyclic amines) is 1. The summed E-state index contributed by atoms with van der Waals surface area (Å²) in [4.78, 5) is 20.7. The van der Waals surface area contributed by atoms with Gasteiger partial charge in [0.25, 0.3) is 0 Å². The van der Waals surface area contributed by atoms with E-state index in [0.717, 1.165) is 37.4 Å². The molecular weight excluding hydrogens is 278 g/mol. The number of nitrogens with zero attached hydrogens (tertiary/aromatic N) is 3. The highest BCUT2D eigenvalue weighted by Gasteiger charge is 2.31. The summed E-state index contributed by atoms with van der Waals surface area (Å²) in [6.45, 7) is 9.23. The van der Waals surface area contributed by atoms with E-state index in [2.05, 4.69) is 24.8 Å². The maximum absolute atomic E-state index is 11.8. The Morgan fingerprint density at radius 2 is 2.00 bits per heavy atom. The van der Waals surface area contributed by atoms with Gasteiger partial charge in [-0.25, -0.2) is 9.78 Å². The van der Waals surface area contributed by atoms with Gasteiger partial charge in [0, 0.05) is 17.7 Å². The normalized spacial score (nSPS) is 24.1. The van der Waals surface area contributed by atoms with Crippen molar-refractivity contribution in [2.24, 2.45) is 0 Å². The molecule has 120 valence electrons. The third-order valence-corrected chi connectivity index (χ3v) is 4.67. The van der Waals surface area contributed by atoms with Crippen LogP contribution in [0.5, 0.6) is 0 Å². The van der Waals surface area contributed by atoms with Crippen molar-refractivity contribution in [1.29, 1.82) is 0 Å². The van der Waals surface area contributed by atoms with E-state index in [1.807, 2.05) is 19.1 Å². The van der Waals surface area contributed by atoms with Gasteiger partial charge >= 0.3 is 6.09 Å². The summed E-state index contributed by atoms with van der Waals surface area (Å²) in [6.07, 6.45) is 1.92. The molecule has 0 aliphatic carbocycles. The zero-order valence-electron chi connectivity index (χ0n) is 13.7. The Hall–Kier alpha value is -1.62. The van der Waals surface area contributed by atoms with Gasteiger partial charge in [0.15, 0.2) is 0 Å². The molecule has 3 heterocycles. The Balaban J connectivity index is 1.71. The molecule has 3 rings (SSSR count). The summed E-state index contributed by atoms with van der Waals surface area (Å²) in [5.74, 6) is 1.21. The van der Waals surface area contributed by atoms with E-state index in [9.17, 15) is 4.79 Å². The second-order valence-corrected chi connectivity index (χ2v) is 6.63. The molecular formula is C17H25N3O2. The van der Waals surface area contributed by atoms with Gasteiger partial charge in [0.1, 0.15) is 11.9 Å². The molecule has 0 bridgehead atoms. The molecule has 1 atom stereocenters. The van der Waals surface area contributed by atoms with Gasteiger partial charge in [0.2, 0.25) is 0 Å². The van der Waals surface area contributed by atoms with Gasteiger partial charge in [-0.15, -0.1) is 0 Å². The third-order valence-electron chi connectivity index (χ3n) is 4.67. The monoisotopic (exact) mass is 303 g/mol. The van der Waals surface area contributed by atoms with Crippen LogP contribution in [0.1, 0.15) is 45.2 Å². The summed E-state index contributed by atoms with van der Waals surface area (Å²) < 4.78 is 5.19. The number of hydrogen-bond acceptors (Lipinski definition) is 4. The van der Waals surface area contributed by atoms with Crippen molar-refractivity contribution in [3.63, 3.8) is 0 Å². The average molecular weight is 303 g/mol. The van der Waals surface area contributed by atoms with Crippen LogP contribution < -0.4 is 4.90 Å². The van der Waals surface area contributed by atoms with Gasteiger partial charge < -0.3 is 9.64 Å². The molecule has 22 heavy (non-hydrogen) atoms. The molecule has 5 heteroatoms. The highest BCUT2D eigenvalue weighted by molar-refractivity contribution is 5.88. The van der Waals surface area contributed by atoms with Crippen molar-refractivity contribution in [1.82, 2.24) is 9.88 Å². The predicted molar refractivity (Wildman–Crippen MR) is 86.2 cm³/mol. The van der Waals surface area contributed by atoms with Crippen LogP contribution in [-0.4, -0.2) is 47.8 Å². The molecule has 0 saturated carbocycles. The zero-order chi connectivity index (χ0) is 15.7. The number of hydrogen-bond donors (Lipinski definition) is 0. The Labute approximate surface area is 132 Å². The van der Waals surface area contributed by atoms with Crippen LogP contribution in [-0.2, 0) is 4.74 Å². The summed E-state index contributed by atoms with van der Waals surface area (Å²) in [5.41, 5.74) is 1.10. The Bertz CT molecular complexity index is 538. The number of anilines is 1. The van der Waals surface area contributed by atoms with Crippen molar-refractivity contribution in [2.45, 2.75) is 51.7 Å². The SMILES string of the molecule is CC1CN(c2cccc(C3CCN(C(C)C)CC3)n2)C(=O)O1. The molecule has 2 saturated heterocycles. The lowest BCUT2D eigenvalue weighted by Gasteiger charge is -2.34. The first-order valence-electron chi connectivity index (χ1n) is 8.23. The molecule has 5 nitrogen and oxygen atoms in total. The molecule has 1 aromatic rings. The summed E-state index contributed by atoms with van der Waals surface area (Å²) in [7, 11) is 0. The number of amides is 1. The molecule has 1 unspecified atom stereocenters. The molecule has 2 aliphatic rings. The molecule has 1 amide bonds. The minimum absolute atomic E-state index is 0.0627. The van der Waals surface area contributed by atoms with Gasteiger partial charge in [-0.2, -0.15) is 0 Å². The predicted octanol–water partition coefficient (Wildman–Crippen LogP) is 3.01. The molecule has 0 radical (unpaired) electrons. The van der Waals surface area contributed by atoms with Crippen molar-refractivity contribution in [3.8, 4) is 0 Å². The van der Waals surface area contributed by atoms with Crippen LogP contribution in [0.25, 0.3) is 0 Å². The number of carbonyl (C=O) groups excluding carboxylic acids is 1. The first kappa shape index (κ1) is 15.3. The molecule has 0 N–H and O–H groups in total. The molecule has 2 aliphatic heterocycles. The summed E-state index contributed by atoms with van der Waals surface area (Å²) >= 11 is 0. The number of piperidine rings is 1. The highest BCUT2D eigenvalue weighted by Crippen LogP contribution is 2.29. The van der Waals surface area contributed by atoms with Gasteiger partial charge in [-0.3, -0.25) is 4.90 Å². The zero-order valence-corrected chi connectivity index (χ0v) is 13.7. The van der Waals surface area contributed by atoms with Gasteiger partial charge in [-0.1, -0.05) is 6.07 Å². The molecule has 0 spiro atoms. The third kappa shape index (κ3) is 3.09. The van der Waals surface area contributed by atoms with E-state index in [-0.39, 0.29) is 12.2 Å². The second kappa shape index (κ2) is 6.24. The number of aromatic nitrogens is 1. The van der Waals surface area contributed by atoms with E-state index >= 15 is 0 Å². The molecule has 2 fully saturated rings. The lowest BCUT2D eigenvalue weighted by molar-refractivity contribution is 0.149. The summed E-state index contributed by atoms with van der Waals surface area (Å²) in [6, 6.07) is 6.60. The van der Waals surface area contributed by atoms with Crippen molar-refractivity contribution in [2.75, 3.05) is 24.5 Å². The minimum atomic E-state index is -0.285. The number of rotatable bonds is 3. The van der Waals surface area contributed by atoms with E-state index in [1.54, 1.807) is 4.90 Å². The van der Waals surface area contributed by atoms with E-state index in [1.165, 1.54) is 0 Å². The molecule has 1 aromatic heterocycles. The van der Waals surface area contributed by atoms with E-state index in [4.69, 9.17) is 9.72 Å². The number of cyclic esters (lactones) is 1. The Kier molecular flexibility index (Phi) is 4.34. The first-order valence-corrected chi connectivity index (χ1v) is 8.23. The largest absolute Gasteiger partial charge is 0.444 e. The van der Waals surface area contributed by atoms with Gasteiger partial charge in [0.05, 0.1) is 6.54 Å². The lowest BCUT2D eigenvalue weighted by Crippen LogP contribution is -2.38. The van der Waals surface area contributed by atoms with Gasteiger partial charge in [-0.05, 0) is 58.8 Å². The van der Waals surface area contributed by atoms with E-state index < -0.39 is 0 Å². The fraction of sp³-hybridized carbons (Fsp3) is 0.647. The minimum Gasteiger partial charge on any atom is -0.444 e. The number of pyridine rings is 1. The van der Waals surface area contributed by atoms with Crippen LogP contribution in [0.3, 0.4) is 0 Å². The van der Waals surface area contributed by atoms with Crippen LogP contribution in [0.15, 0.2) is 18.2 Å². The maximum Gasteiger partial charge on any atom is 0.415 e. The van der Waals surface area contributed by atoms with Crippen molar-refractivity contribution in [3.05, 3.63) is 23.9 Å². The van der Waals surface area contributed by atoms with Crippen molar-refractivity contribution >= 4 is 11.9 Å². The van der Waals surface area contributed by atoms with Crippen molar-refractivity contribution < 1.29 is 9.53 Å². The Morgan fingerprint density at radius 1 is 1.27 bits per heavy atom. The van der Waals surface area contributed by atoms with Crippen LogP contribution in [0.4, 0.5) is 10.6 Å². The maximum atomic E-state index is 11.8. The topological polar surface area (TPSA) is 45.7 Å². The summed E-state index contributed by atoms with van der Waals surface area (Å²) in [5, 5.41) is 0. The average Bonchev–Trinajstić information content (AvgIpc) is 2.86. The van der Waals surface area contributed by atoms with E-state index in [0.29, 0.717) is 18.5 Å². The second-order valence-electron chi connectivity index (χ2n) is 6.63. The fourth-order valence-corrected chi connectivity index (χ4v) is 3.32. The van der Waals surface area contributed by atoms with Crippen LogP contribution in [0.2, 0.25) is 0 Å². The lowest BCUT2D eigenvalue weighted by atomic mass is 9.92. The standard InChI is InChI=1S/C17H25N3O2/c1-12(2)19-9-7-14(8-10-19)15-5-4-6-16(18-15)20-11-13(3)22-17(20)21/h4-6,12-14H,7-11H2,1-3H3. The number of carbonyl (C=O) groups is 1.